The van der Waals surface area contributed by atoms with Crippen molar-refractivity contribution >= 4 is 22.9 Å². The Kier molecular flexibility index (Phi) is 8.46. The highest BCUT2D eigenvalue weighted by atomic mass is 16.5. The highest BCUT2D eigenvalue weighted by molar-refractivity contribution is 6.00. The van der Waals surface area contributed by atoms with Crippen LogP contribution in [0.5, 0.6) is 11.5 Å². The molecule has 2 aromatic heterocycles. The van der Waals surface area contributed by atoms with Crippen LogP contribution < -0.4 is 9.47 Å². The second-order valence-electron chi connectivity index (χ2n) is 11.0. The summed E-state index contributed by atoms with van der Waals surface area (Å²) in [5, 5.41) is 8.49. The summed E-state index contributed by atoms with van der Waals surface area (Å²) in [6, 6.07) is 21.3. The van der Waals surface area contributed by atoms with E-state index in [1.54, 1.807) is 32.0 Å². The lowest BCUT2D eigenvalue weighted by Gasteiger charge is -2.32. The van der Waals surface area contributed by atoms with E-state index in [0.717, 1.165) is 33.3 Å². The summed E-state index contributed by atoms with van der Waals surface area (Å²) >= 11 is 0. The molecular weight excluding hydrogens is 570 g/mol. The van der Waals surface area contributed by atoms with Gasteiger partial charge in [0.25, 0.3) is 5.91 Å². The monoisotopic (exact) mass is 605 g/mol. The van der Waals surface area contributed by atoms with Crippen LogP contribution in [0.3, 0.4) is 0 Å². The quantitative estimate of drug-likeness (QED) is 0.208. The number of benzene rings is 3. The number of aromatic nitrogens is 4. The molecule has 3 heterocycles. The molecule has 10 heteroatoms. The summed E-state index contributed by atoms with van der Waals surface area (Å²) in [5.41, 5.74) is 7.65. The van der Waals surface area contributed by atoms with Crippen LogP contribution >= 0.6 is 0 Å². The standard InChI is InChI=1S/C35H35N5O5/c1-5-45-33(41)19-29(23-17-31-34(32(18-23)44-4)39(2)38-37-31)26-12-8-9-22-21-40(16-15-25(22)26)35(42)28-11-7-6-10-27(28)30-14-13-24(43-3)20-36-30/h6-14,17-18,20,29H,5,15-16,19,21H2,1-4H3/t29-/m1/s1. The fourth-order valence-electron chi connectivity index (χ4n) is 6.19. The Bertz CT molecular complexity index is 1870. The third kappa shape index (κ3) is 5.83. The maximum Gasteiger partial charge on any atom is 0.306 e. The molecule has 6 rings (SSSR count). The molecule has 0 radical (unpaired) electrons. The minimum atomic E-state index is -0.302. The van der Waals surface area contributed by atoms with Crippen LogP contribution in [0.4, 0.5) is 0 Å². The Morgan fingerprint density at radius 1 is 1.00 bits per heavy atom. The molecule has 45 heavy (non-hydrogen) atoms. The van der Waals surface area contributed by atoms with Crippen LogP contribution in [0.25, 0.3) is 22.3 Å². The molecule has 1 aliphatic rings. The molecule has 5 aromatic rings. The van der Waals surface area contributed by atoms with E-state index in [2.05, 4.69) is 27.4 Å². The molecule has 0 aliphatic carbocycles. The normalized spacial score (nSPS) is 13.3. The zero-order chi connectivity index (χ0) is 31.5. The fraction of sp³-hybridized carbons (Fsp3) is 0.286. The number of carbonyl (C=O) groups is 2. The second-order valence-corrected chi connectivity index (χ2v) is 11.0. The summed E-state index contributed by atoms with van der Waals surface area (Å²) in [5.74, 6) is 0.649. The lowest BCUT2D eigenvalue weighted by molar-refractivity contribution is -0.143. The smallest absolute Gasteiger partial charge is 0.306 e. The van der Waals surface area contributed by atoms with Crippen molar-refractivity contribution in [3.8, 4) is 22.8 Å². The van der Waals surface area contributed by atoms with Gasteiger partial charge in [-0.25, -0.2) is 4.68 Å². The van der Waals surface area contributed by atoms with Crippen LogP contribution in [0.2, 0.25) is 0 Å². The maximum absolute atomic E-state index is 14.0. The van der Waals surface area contributed by atoms with Gasteiger partial charge in [-0.15, -0.1) is 5.10 Å². The first-order valence-corrected chi connectivity index (χ1v) is 14.9. The topological polar surface area (TPSA) is 109 Å². The Labute approximate surface area is 261 Å². The first-order valence-electron chi connectivity index (χ1n) is 14.9. The van der Waals surface area contributed by atoms with Gasteiger partial charge in [-0.3, -0.25) is 14.6 Å². The average Bonchev–Trinajstić information content (AvgIpc) is 3.46. The van der Waals surface area contributed by atoms with Gasteiger partial charge in [0.2, 0.25) is 0 Å². The van der Waals surface area contributed by atoms with Gasteiger partial charge < -0.3 is 19.1 Å². The first-order chi connectivity index (χ1) is 21.9. The van der Waals surface area contributed by atoms with E-state index in [-0.39, 0.29) is 24.2 Å². The first kappa shape index (κ1) is 29.8. The number of hydrogen-bond donors (Lipinski definition) is 0. The van der Waals surface area contributed by atoms with E-state index in [1.807, 2.05) is 66.5 Å². The lowest BCUT2D eigenvalue weighted by atomic mass is 9.81. The molecule has 230 valence electrons. The third-order valence-electron chi connectivity index (χ3n) is 8.36. The number of amides is 1. The SMILES string of the molecule is CCOC(=O)C[C@H](c1cc(OC)c2c(c1)nnn2C)c1cccc2c1CCN(C(=O)c1ccccc1-c1ccc(OC)cn1)C2. The van der Waals surface area contributed by atoms with Gasteiger partial charge in [0.1, 0.15) is 22.5 Å². The van der Waals surface area contributed by atoms with E-state index in [9.17, 15) is 9.59 Å². The molecule has 1 aliphatic heterocycles. The zero-order valence-electron chi connectivity index (χ0n) is 25.8. The number of aryl methyl sites for hydroxylation is 1. The van der Waals surface area contributed by atoms with Crippen molar-refractivity contribution in [2.24, 2.45) is 7.05 Å². The summed E-state index contributed by atoms with van der Waals surface area (Å²) < 4.78 is 18.1. The van der Waals surface area contributed by atoms with Gasteiger partial charge >= 0.3 is 5.97 Å². The molecule has 1 atom stereocenters. The molecule has 0 bridgehead atoms. The van der Waals surface area contributed by atoms with E-state index >= 15 is 0 Å². The number of hydrogen-bond acceptors (Lipinski definition) is 8. The van der Waals surface area contributed by atoms with E-state index in [1.165, 1.54) is 0 Å². The highest BCUT2D eigenvalue weighted by Crippen LogP contribution is 2.38. The van der Waals surface area contributed by atoms with Gasteiger partial charge in [-0.05, 0) is 65.9 Å². The van der Waals surface area contributed by atoms with E-state index in [4.69, 9.17) is 14.2 Å². The van der Waals surface area contributed by atoms with Crippen molar-refractivity contribution < 1.29 is 23.8 Å². The van der Waals surface area contributed by atoms with Crippen LogP contribution in [0.1, 0.15) is 51.9 Å². The molecule has 0 spiro atoms. The number of methoxy groups -OCH3 is 2. The molecular formula is C35H35N5O5. The number of fused-ring (bicyclic) bond motifs is 2. The Morgan fingerprint density at radius 2 is 1.84 bits per heavy atom. The van der Waals surface area contributed by atoms with Crippen molar-refractivity contribution in [3.63, 3.8) is 0 Å². The molecule has 0 unspecified atom stereocenters. The van der Waals surface area contributed by atoms with Crippen LogP contribution in [0.15, 0.2) is 72.9 Å². The predicted octanol–water partition coefficient (Wildman–Crippen LogP) is 5.33. The Balaban J connectivity index is 1.34. The molecule has 0 N–H and O–H groups in total. The van der Waals surface area contributed by atoms with Gasteiger partial charge in [-0.1, -0.05) is 41.6 Å². The third-order valence-corrected chi connectivity index (χ3v) is 8.36. The molecule has 0 saturated carbocycles. The second kappa shape index (κ2) is 12.8. The minimum absolute atomic E-state index is 0.0554. The minimum Gasteiger partial charge on any atom is -0.495 e. The summed E-state index contributed by atoms with van der Waals surface area (Å²) in [4.78, 5) is 33.3. The van der Waals surface area contributed by atoms with Crippen LogP contribution in [-0.2, 0) is 29.5 Å². The van der Waals surface area contributed by atoms with E-state index < -0.39 is 0 Å². The average molecular weight is 606 g/mol. The van der Waals surface area contributed by atoms with Crippen molar-refractivity contribution in [2.45, 2.75) is 32.2 Å². The van der Waals surface area contributed by atoms with Gasteiger partial charge in [0, 0.05) is 37.2 Å². The lowest BCUT2D eigenvalue weighted by Crippen LogP contribution is -2.36. The molecule has 1 amide bonds. The zero-order valence-corrected chi connectivity index (χ0v) is 25.8. The molecule has 0 fully saturated rings. The number of carbonyl (C=O) groups excluding carboxylic acids is 2. The van der Waals surface area contributed by atoms with Crippen molar-refractivity contribution in [2.75, 3.05) is 27.4 Å². The van der Waals surface area contributed by atoms with Crippen molar-refractivity contribution in [1.82, 2.24) is 24.9 Å². The van der Waals surface area contributed by atoms with Crippen LogP contribution in [0, 0.1) is 0 Å². The summed E-state index contributed by atoms with van der Waals surface area (Å²) in [6.45, 7) is 3.09. The molecule has 0 saturated heterocycles. The fourth-order valence-corrected chi connectivity index (χ4v) is 6.19. The number of esters is 1. The highest BCUT2D eigenvalue weighted by Gasteiger charge is 2.29. The van der Waals surface area contributed by atoms with Crippen molar-refractivity contribution in [1.29, 1.82) is 0 Å². The van der Waals surface area contributed by atoms with E-state index in [0.29, 0.717) is 54.4 Å². The number of rotatable bonds is 9. The maximum atomic E-state index is 14.0. The van der Waals surface area contributed by atoms with Crippen molar-refractivity contribution in [3.05, 3.63) is 101 Å². The number of nitrogens with zero attached hydrogens (tertiary/aromatic N) is 5. The Hall–Kier alpha value is -5.25. The number of pyridine rings is 1. The van der Waals surface area contributed by atoms with Gasteiger partial charge in [0.15, 0.2) is 0 Å². The van der Waals surface area contributed by atoms with Gasteiger partial charge in [-0.2, -0.15) is 0 Å². The predicted molar refractivity (Wildman–Crippen MR) is 169 cm³/mol. The summed E-state index contributed by atoms with van der Waals surface area (Å²) in [6.07, 6.45) is 2.45. The van der Waals surface area contributed by atoms with Gasteiger partial charge in [0.05, 0.1) is 39.1 Å². The summed E-state index contributed by atoms with van der Waals surface area (Å²) in [7, 11) is 5.03. The molecule has 3 aromatic carbocycles. The van der Waals surface area contributed by atoms with Crippen LogP contribution in [-0.4, -0.2) is 64.1 Å². The molecule has 10 nitrogen and oxygen atoms in total. The number of ether oxygens (including phenoxy) is 3. The largest absolute Gasteiger partial charge is 0.495 e. The Morgan fingerprint density at radius 3 is 2.60 bits per heavy atom.